The molecule has 1 N–H and O–H groups in total. The van der Waals surface area contributed by atoms with E-state index in [0.717, 1.165) is 5.57 Å². The van der Waals surface area contributed by atoms with Crippen molar-refractivity contribution in [1.29, 1.82) is 0 Å². The van der Waals surface area contributed by atoms with E-state index >= 15 is 0 Å². The van der Waals surface area contributed by atoms with E-state index in [1.54, 1.807) is 0 Å². The Morgan fingerprint density at radius 1 is 1.43 bits per heavy atom. The lowest BCUT2D eigenvalue weighted by atomic mass is 10.1. The van der Waals surface area contributed by atoms with Crippen molar-refractivity contribution < 1.29 is 9.53 Å². The minimum atomic E-state index is -0.437. The van der Waals surface area contributed by atoms with Gasteiger partial charge in [-0.15, -0.1) is 0 Å². The highest BCUT2D eigenvalue weighted by molar-refractivity contribution is 5.68. The summed E-state index contributed by atoms with van der Waals surface area (Å²) in [5.74, 6) is 0. The van der Waals surface area contributed by atoms with Gasteiger partial charge >= 0.3 is 6.09 Å². The van der Waals surface area contributed by atoms with Crippen LogP contribution >= 0.6 is 0 Å². The monoisotopic (exact) mass is 199 g/mol. The first kappa shape index (κ1) is 13.0. The molecule has 1 unspecified atom stereocenters. The van der Waals surface area contributed by atoms with E-state index in [9.17, 15) is 4.79 Å². The molecule has 0 heterocycles. The lowest BCUT2D eigenvalue weighted by molar-refractivity contribution is 0.0515. The van der Waals surface area contributed by atoms with Gasteiger partial charge in [0.15, 0.2) is 0 Å². The van der Waals surface area contributed by atoms with Crippen molar-refractivity contribution in [3.8, 4) is 0 Å². The van der Waals surface area contributed by atoms with Crippen LogP contribution in [0, 0.1) is 0 Å². The van der Waals surface area contributed by atoms with Crippen molar-refractivity contribution >= 4 is 6.09 Å². The molecule has 0 saturated carbocycles. The normalized spacial score (nSPS) is 14.9. The molecule has 3 heteroatoms. The molecule has 0 fully saturated rings. The summed E-state index contributed by atoms with van der Waals surface area (Å²) in [5, 5.41) is 2.76. The van der Waals surface area contributed by atoms with Crippen molar-refractivity contribution in [3.63, 3.8) is 0 Å². The average molecular weight is 199 g/mol. The number of nitrogens with one attached hydrogen (secondary N) is 1. The maximum absolute atomic E-state index is 11.3. The predicted octanol–water partition coefficient (Wildman–Crippen LogP) is 2.87. The fraction of sp³-hybridized carbons (Fsp3) is 0.727. The van der Waals surface area contributed by atoms with Crippen LogP contribution in [0.15, 0.2) is 11.6 Å². The zero-order valence-corrected chi connectivity index (χ0v) is 9.97. The van der Waals surface area contributed by atoms with E-state index in [1.807, 2.05) is 47.6 Å². The van der Waals surface area contributed by atoms with Crippen LogP contribution in [0.3, 0.4) is 0 Å². The number of amides is 1. The first-order valence-electron chi connectivity index (χ1n) is 4.88. The van der Waals surface area contributed by atoms with Crippen molar-refractivity contribution in [2.24, 2.45) is 0 Å². The van der Waals surface area contributed by atoms with Crippen LogP contribution in [0.1, 0.15) is 41.5 Å². The van der Waals surface area contributed by atoms with Gasteiger partial charge in [-0.1, -0.05) is 11.6 Å². The van der Waals surface area contributed by atoms with Crippen molar-refractivity contribution in [1.82, 2.24) is 5.32 Å². The second-order valence-electron chi connectivity index (χ2n) is 4.40. The number of hydrogen-bond donors (Lipinski definition) is 1. The van der Waals surface area contributed by atoms with Crippen molar-refractivity contribution in [3.05, 3.63) is 11.6 Å². The van der Waals surface area contributed by atoms with Crippen molar-refractivity contribution in [2.75, 3.05) is 0 Å². The Hall–Kier alpha value is -0.990. The van der Waals surface area contributed by atoms with Crippen LogP contribution in [0.2, 0.25) is 0 Å². The van der Waals surface area contributed by atoms with Crippen LogP contribution in [0.4, 0.5) is 4.79 Å². The first-order valence-corrected chi connectivity index (χ1v) is 4.88. The zero-order valence-electron chi connectivity index (χ0n) is 9.97. The maximum Gasteiger partial charge on any atom is 0.408 e. The van der Waals surface area contributed by atoms with E-state index in [0.29, 0.717) is 0 Å². The molecular weight excluding hydrogens is 178 g/mol. The number of hydrogen-bond acceptors (Lipinski definition) is 2. The fourth-order valence-corrected chi connectivity index (χ4v) is 0.848. The minimum absolute atomic E-state index is 0.0230. The number of ether oxygens (including phenoxy) is 1. The molecule has 0 saturated heterocycles. The standard InChI is InChI=1S/C11H21NO2/c1-7-8(2)9(3)12-10(13)14-11(4,5)6/h7,9H,1-6H3,(H,12,13). The van der Waals surface area contributed by atoms with Crippen LogP contribution in [-0.2, 0) is 4.74 Å². The molecule has 0 rings (SSSR count). The quantitative estimate of drug-likeness (QED) is 0.694. The molecule has 0 aliphatic heterocycles. The molecular formula is C11H21NO2. The van der Waals surface area contributed by atoms with Gasteiger partial charge in [0.05, 0.1) is 6.04 Å². The van der Waals surface area contributed by atoms with Crippen LogP contribution < -0.4 is 5.32 Å². The van der Waals surface area contributed by atoms with Gasteiger partial charge in [0.25, 0.3) is 0 Å². The molecule has 14 heavy (non-hydrogen) atoms. The van der Waals surface area contributed by atoms with Gasteiger partial charge in [0.1, 0.15) is 5.60 Å². The fourth-order valence-electron chi connectivity index (χ4n) is 0.848. The van der Waals surface area contributed by atoms with E-state index in [2.05, 4.69) is 5.32 Å². The summed E-state index contributed by atoms with van der Waals surface area (Å²) in [6.07, 6.45) is 1.60. The third-order valence-corrected chi connectivity index (χ3v) is 1.87. The molecule has 0 aromatic carbocycles. The molecule has 0 aliphatic carbocycles. The zero-order chi connectivity index (χ0) is 11.4. The Bertz CT molecular complexity index is 226. The summed E-state index contributed by atoms with van der Waals surface area (Å²) in [7, 11) is 0. The van der Waals surface area contributed by atoms with Crippen LogP contribution in [0.25, 0.3) is 0 Å². The molecule has 1 amide bonds. The lowest BCUT2D eigenvalue weighted by Gasteiger charge is -2.22. The predicted molar refractivity (Wildman–Crippen MR) is 58.3 cm³/mol. The van der Waals surface area contributed by atoms with E-state index in [-0.39, 0.29) is 12.1 Å². The molecule has 82 valence electrons. The summed E-state index contributed by atoms with van der Waals surface area (Å²) < 4.78 is 5.13. The second kappa shape index (κ2) is 5.03. The first-order chi connectivity index (χ1) is 6.26. The second-order valence-corrected chi connectivity index (χ2v) is 4.40. The topological polar surface area (TPSA) is 38.3 Å². The number of rotatable bonds is 2. The van der Waals surface area contributed by atoms with Gasteiger partial charge in [0, 0.05) is 0 Å². The highest BCUT2D eigenvalue weighted by Gasteiger charge is 2.17. The Labute approximate surface area is 86.5 Å². The minimum Gasteiger partial charge on any atom is -0.444 e. The average Bonchev–Trinajstić information content (AvgIpc) is 1.99. The molecule has 1 atom stereocenters. The Morgan fingerprint density at radius 2 is 1.93 bits per heavy atom. The summed E-state index contributed by atoms with van der Waals surface area (Å²) in [6.45, 7) is 11.4. The third-order valence-electron chi connectivity index (χ3n) is 1.87. The molecule has 3 nitrogen and oxygen atoms in total. The van der Waals surface area contributed by atoms with Gasteiger partial charge in [-0.2, -0.15) is 0 Å². The van der Waals surface area contributed by atoms with Crippen molar-refractivity contribution in [2.45, 2.75) is 53.2 Å². The third kappa shape index (κ3) is 5.62. The summed E-state index contributed by atoms with van der Waals surface area (Å²) in [5.41, 5.74) is 0.684. The largest absolute Gasteiger partial charge is 0.444 e. The molecule has 0 aliphatic rings. The summed E-state index contributed by atoms with van der Waals surface area (Å²) in [6, 6.07) is 0.0230. The molecule has 0 spiro atoms. The van der Waals surface area contributed by atoms with Gasteiger partial charge in [0.2, 0.25) is 0 Å². The molecule has 0 aromatic heterocycles. The number of alkyl carbamates (subject to hydrolysis) is 1. The lowest BCUT2D eigenvalue weighted by Crippen LogP contribution is -2.38. The number of carbonyl (C=O) groups excluding carboxylic acids is 1. The Balaban J connectivity index is 4.08. The Morgan fingerprint density at radius 3 is 2.29 bits per heavy atom. The van der Waals surface area contributed by atoms with Gasteiger partial charge in [-0.05, 0) is 41.5 Å². The van der Waals surface area contributed by atoms with Crippen LogP contribution in [0.5, 0.6) is 0 Å². The van der Waals surface area contributed by atoms with E-state index in [4.69, 9.17) is 4.74 Å². The molecule has 0 bridgehead atoms. The highest BCUT2D eigenvalue weighted by atomic mass is 16.6. The SMILES string of the molecule is CC=C(C)C(C)NC(=O)OC(C)(C)C. The van der Waals surface area contributed by atoms with Gasteiger partial charge < -0.3 is 10.1 Å². The summed E-state index contributed by atoms with van der Waals surface area (Å²) >= 11 is 0. The smallest absolute Gasteiger partial charge is 0.408 e. The van der Waals surface area contributed by atoms with E-state index in [1.165, 1.54) is 0 Å². The van der Waals surface area contributed by atoms with Gasteiger partial charge in [-0.25, -0.2) is 4.79 Å². The molecule has 0 aromatic rings. The maximum atomic E-state index is 11.3. The van der Waals surface area contributed by atoms with Gasteiger partial charge in [-0.3, -0.25) is 0 Å². The number of allylic oxidation sites excluding steroid dienone is 1. The van der Waals surface area contributed by atoms with Crippen LogP contribution in [-0.4, -0.2) is 17.7 Å². The van der Waals surface area contributed by atoms with E-state index < -0.39 is 5.60 Å². The summed E-state index contributed by atoms with van der Waals surface area (Å²) in [4.78, 5) is 11.3. The Kier molecular flexibility index (Phi) is 4.68. The molecule has 0 radical (unpaired) electrons. The number of carbonyl (C=O) groups is 1. The highest BCUT2D eigenvalue weighted by Crippen LogP contribution is 2.08.